The minimum Gasteiger partial charge on any atom is -0.230 e. The normalized spacial score (nSPS) is 12.6. The van der Waals surface area contributed by atoms with Gasteiger partial charge in [0.2, 0.25) is 0 Å². The lowest BCUT2D eigenvalue weighted by atomic mass is 9.91. The van der Waals surface area contributed by atoms with Gasteiger partial charge in [0.15, 0.2) is 0 Å². The highest BCUT2D eigenvalue weighted by Crippen LogP contribution is 2.28. The van der Waals surface area contributed by atoms with Crippen LogP contribution in [0.1, 0.15) is 34.6 Å². The topological polar surface area (TPSA) is 18.5 Å². The molecule has 0 amide bonds. The van der Waals surface area contributed by atoms with Gasteiger partial charge in [-0.3, -0.25) is 0 Å². The van der Waals surface area contributed by atoms with Gasteiger partial charge < -0.3 is 0 Å². The van der Waals surface area contributed by atoms with Crippen molar-refractivity contribution in [2.45, 2.75) is 34.6 Å². The Balaban J connectivity index is 3.52. The standard InChI is InChI=1S/C8H16O2/c1-6-9-10-7(2)8(3,4)5/h6H,1-5H3. The van der Waals surface area contributed by atoms with Crippen LogP contribution >= 0.6 is 0 Å². The molecule has 0 rings (SSSR count). The van der Waals surface area contributed by atoms with Crippen molar-refractivity contribution >= 4 is 0 Å². The first-order valence-corrected chi connectivity index (χ1v) is 3.43. The van der Waals surface area contributed by atoms with Crippen LogP contribution in [0.5, 0.6) is 0 Å². The molecule has 0 aliphatic rings. The summed E-state index contributed by atoms with van der Waals surface area (Å²) in [4.78, 5) is 9.58. The summed E-state index contributed by atoms with van der Waals surface area (Å²) in [5.74, 6) is 0. The van der Waals surface area contributed by atoms with E-state index in [1.165, 1.54) is 6.61 Å². The lowest BCUT2D eigenvalue weighted by Gasteiger charge is -2.23. The van der Waals surface area contributed by atoms with Gasteiger partial charge in [0.05, 0.1) is 0 Å². The third kappa shape index (κ3) is 3.85. The maximum Gasteiger partial charge on any atom is 0.138 e. The average molecular weight is 144 g/mol. The lowest BCUT2D eigenvalue weighted by Crippen LogP contribution is -2.17. The molecule has 0 N–H and O–H groups in total. The highest BCUT2D eigenvalue weighted by Gasteiger charge is 2.22. The van der Waals surface area contributed by atoms with Crippen LogP contribution in [0.25, 0.3) is 0 Å². The molecule has 0 fully saturated rings. The Labute approximate surface area is 63.5 Å². The quantitative estimate of drug-likeness (QED) is 0.448. The molecule has 10 heavy (non-hydrogen) atoms. The van der Waals surface area contributed by atoms with Gasteiger partial charge in [0, 0.05) is 0 Å². The molecule has 0 aromatic rings. The average Bonchev–Trinajstić information content (AvgIpc) is 1.80. The van der Waals surface area contributed by atoms with Crippen LogP contribution in [-0.2, 0) is 9.78 Å². The molecular formula is C8H16O2. The molecular weight excluding hydrogens is 128 g/mol. The first-order chi connectivity index (χ1) is 4.48. The van der Waals surface area contributed by atoms with Gasteiger partial charge in [-0.25, -0.2) is 9.78 Å². The molecule has 0 aliphatic carbocycles. The predicted octanol–water partition coefficient (Wildman–Crippen LogP) is 2.71. The monoisotopic (exact) mass is 144 g/mol. The molecule has 0 atom stereocenters. The molecule has 2 nitrogen and oxygen atoms in total. The molecule has 2 heteroatoms. The first-order valence-electron chi connectivity index (χ1n) is 3.43. The van der Waals surface area contributed by atoms with E-state index in [0.29, 0.717) is 0 Å². The van der Waals surface area contributed by atoms with Crippen molar-refractivity contribution in [3.63, 3.8) is 0 Å². The van der Waals surface area contributed by atoms with Gasteiger partial charge in [-0.15, -0.1) is 0 Å². The Morgan fingerprint density at radius 3 is 2.10 bits per heavy atom. The zero-order valence-corrected chi connectivity index (χ0v) is 7.39. The van der Waals surface area contributed by atoms with Crippen molar-refractivity contribution in [3.8, 4) is 0 Å². The second-order valence-corrected chi connectivity index (χ2v) is 3.22. The van der Waals surface area contributed by atoms with E-state index in [1.807, 2.05) is 6.92 Å². The molecule has 0 aliphatic heterocycles. The highest BCUT2D eigenvalue weighted by atomic mass is 17.2. The van der Waals surface area contributed by atoms with Gasteiger partial charge in [-0.05, 0) is 19.3 Å². The fraction of sp³-hybridized carbons (Fsp3) is 0.750. The second kappa shape index (κ2) is 3.94. The van der Waals surface area contributed by atoms with E-state index in [1.54, 1.807) is 6.92 Å². The first kappa shape index (κ1) is 9.92. The number of rotatable bonds is 3. The predicted molar refractivity (Wildman–Crippen MR) is 40.5 cm³/mol. The third-order valence-corrected chi connectivity index (χ3v) is 1.33. The fourth-order valence-electron chi connectivity index (χ4n) is 0.245. The van der Waals surface area contributed by atoms with Crippen LogP contribution in [-0.4, -0.2) is 0 Å². The Hall–Kier alpha value is -0.0800. The molecule has 0 saturated carbocycles. The van der Waals surface area contributed by atoms with Crippen LogP contribution in [0.15, 0.2) is 0 Å². The van der Waals surface area contributed by atoms with Crippen molar-refractivity contribution in [3.05, 3.63) is 12.7 Å². The van der Waals surface area contributed by atoms with Crippen LogP contribution < -0.4 is 0 Å². The third-order valence-electron chi connectivity index (χ3n) is 1.33. The summed E-state index contributed by atoms with van der Waals surface area (Å²) in [5, 5.41) is 0. The summed E-state index contributed by atoms with van der Waals surface area (Å²) in [6.07, 6.45) is 0.880. The van der Waals surface area contributed by atoms with Crippen molar-refractivity contribution < 1.29 is 9.78 Å². The molecule has 0 bridgehead atoms. The zero-order valence-electron chi connectivity index (χ0n) is 7.39. The fourth-order valence-corrected chi connectivity index (χ4v) is 0.245. The second-order valence-electron chi connectivity index (χ2n) is 3.22. The van der Waals surface area contributed by atoms with E-state index in [9.17, 15) is 0 Å². The summed E-state index contributed by atoms with van der Waals surface area (Å²) in [6.45, 7) is 11.4. The van der Waals surface area contributed by atoms with Gasteiger partial charge in [-0.2, -0.15) is 0 Å². The molecule has 60 valence electrons. The molecule has 0 spiro atoms. The minimum atomic E-state index is 0.0585. The molecule has 0 aromatic carbocycles. The zero-order chi connectivity index (χ0) is 8.20. The van der Waals surface area contributed by atoms with Gasteiger partial charge >= 0.3 is 0 Å². The SMILES string of the molecule is C[CH]OO[C](C)C(C)(C)C. The Morgan fingerprint density at radius 2 is 1.80 bits per heavy atom. The van der Waals surface area contributed by atoms with Gasteiger partial charge in [0.1, 0.15) is 12.7 Å². The van der Waals surface area contributed by atoms with Gasteiger partial charge in [-0.1, -0.05) is 20.8 Å². The Morgan fingerprint density at radius 1 is 1.30 bits per heavy atom. The van der Waals surface area contributed by atoms with E-state index < -0.39 is 0 Å². The van der Waals surface area contributed by atoms with Crippen molar-refractivity contribution in [1.82, 2.24) is 0 Å². The van der Waals surface area contributed by atoms with Gasteiger partial charge in [0.25, 0.3) is 0 Å². The largest absolute Gasteiger partial charge is 0.230 e. The Kier molecular flexibility index (Phi) is 3.91. The highest BCUT2D eigenvalue weighted by molar-refractivity contribution is 4.85. The summed E-state index contributed by atoms with van der Waals surface area (Å²) in [7, 11) is 0. The van der Waals surface area contributed by atoms with Crippen LogP contribution in [0.4, 0.5) is 0 Å². The minimum absolute atomic E-state index is 0.0585. The van der Waals surface area contributed by atoms with Crippen LogP contribution in [0.2, 0.25) is 0 Å². The maximum absolute atomic E-state index is 4.92. The smallest absolute Gasteiger partial charge is 0.138 e. The van der Waals surface area contributed by atoms with E-state index >= 15 is 0 Å². The van der Waals surface area contributed by atoms with E-state index in [0.717, 1.165) is 6.10 Å². The van der Waals surface area contributed by atoms with E-state index in [2.05, 4.69) is 25.7 Å². The maximum atomic E-state index is 4.92. The Bertz CT molecular complexity index is 83.7. The van der Waals surface area contributed by atoms with E-state index in [4.69, 9.17) is 4.89 Å². The number of hydrogen-bond acceptors (Lipinski definition) is 2. The summed E-state index contributed by atoms with van der Waals surface area (Å²) in [6, 6.07) is 0. The van der Waals surface area contributed by atoms with E-state index in [-0.39, 0.29) is 5.41 Å². The molecule has 0 unspecified atom stereocenters. The van der Waals surface area contributed by atoms with Crippen molar-refractivity contribution in [2.75, 3.05) is 0 Å². The lowest BCUT2D eigenvalue weighted by molar-refractivity contribution is -0.271. The summed E-state index contributed by atoms with van der Waals surface area (Å²) in [5.41, 5.74) is 0.0585. The summed E-state index contributed by atoms with van der Waals surface area (Å²) >= 11 is 0. The molecule has 2 radical (unpaired) electrons. The van der Waals surface area contributed by atoms with Crippen molar-refractivity contribution in [1.29, 1.82) is 0 Å². The van der Waals surface area contributed by atoms with Crippen LogP contribution in [0.3, 0.4) is 0 Å². The molecule has 0 heterocycles. The van der Waals surface area contributed by atoms with Crippen molar-refractivity contribution in [2.24, 2.45) is 5.41 Å². The molecule has 0 aromatic heterocycles. The summed E-state index contributed by atoms with van der Waals surface area (Å²) < 4.78 is 0. The molecule has 0 saturated heterocycles. The van der Waals surface area contributed by atoms with Crippen LogP contribution in [0, 0.1) is 18.1 Å². The number of hydrogen-bond donors (Lipinski definition) is 0.